The molecule has 1 aromatic rings. The molecule has 0 N–H and O–H groups in total. The van der Waals surface area contributed by atoms with Crippen molar-refractivity contribution >= 4 is 9.84 Å². The van der Waals surface area contributed by atoms with E-state index in [2.05, 4.69) is 0 Å². The molecule has 86 valence electrons. The van der Waals surface area contributed by atoms with E-state index >= 15 is 0 Å². The van der Waals surface area contributed by atoms with Gasteiger partial charge in [0.25, 0.3) is 0 Å². The smallest absolute Gasteiger partial charge is 0.184 e. The third-order valence-corrected chi connectivity index (χ3v) is 3.75. The lowest BCUT2D eigenvalue weighted by atomic mass is 10.5. The largest absolute Gasteiger partial charge is 0.468 e. The Labute approximate surface area is 90.2 Å². The van der Waals surface area contributed by atoms with Gasteiger partial charge < -0.3 is 9.15 Å². The maximum Gasteiger partial charge on any atom is 0.184 e. The molecule has 4 nitrogen and oxygen atoms in total. The fourth-order valence-corrected chi connectivity index (χ4v) is 2.48. The number of sulfone groups is 1. The third kappa shape index (κ3) is 3.35. The van der Waals surface area contributed by atoms with Crippen LogP contribution >= 0.6 is 0 Å². The zero-order valence-corrected chi connectivity index (χ0v) is 10.0. The fourth-order valence-electron chi connectivity index (χ4n) is 1.20. The van der Waals surface area contributed by atoms with Gasteiger partial charge in [0.15, 0.2) is 9.84 Å². The fraction of sp³-hybridized carbons (Fsp3) is 0.600. The molecule has 0 atom stereocenters. The Kier molecular flexibility index (Phi) is 3.93. The molecule has 1 aromatic heterocycles. The van der Waals surface area contributed by atoms with Gasteiger partial charge in [-0.25, -0.2) is 8.42 Å². The molecule has 0 aliphatic heterocycles. The molecule has 0 saturated heterocycles. The van der Waals surface area contributed by atoms with Crippen molar-refractivity contribution in [3.63, 3.8) is 0 Å². The molecule has 5 heteroatoms. The van der Waals surface area contributed by atoms with Crippen LogP contribution in [0.3, 0.4) is 0 Å². The van der Waals surface area contributed by atoms with Crippen LogP contribution in [0, 0.1) is 6.92 Å². The summed E-state index contributed by atoms with van der Waals surface area (Å²) >= 11 is 0. The lowest BCUT2D eigenvalue weighted by Crippen LogP contribution is -2.15. The first-order valence-electron chi connectivity index (χ1n) is 4.82. The minimum atomic E-state index is -3.26. The van der Waals surface area contributed by atoms with Gasteiger partial charge in [0.2, 0.25) is 0 Å². The summed E-state index contributed by atoms with van der Waals surface area (Å²) in [5.74, 6) is 0.422. The summed E-state index contributed by atoms with van der Waals surface area (Å²) in [6.45, 7) is 5.59. The topological polar surface area (TPSA) is 56.5 Å². The van der Waals surface area contributed by atoms with E-state index < -0.39 is 9.84 Å². The minimum Gasteiger partial charge on any atom is -0.468 e. The molecule has 0 fully saturated rings. The summed E-state index contributed by atoms with van der Waals surface area (Å²) in [6, 6.07) is 1.47. The molecule has 0 aliphatic rings. The molecule has 1 rings (SSSR count). The molecule has 0 radical (unpaired) electrons. The van der Waals surface area contributed by atoms with Crippen molar-refractivity contribution in [2.75, 3.05) is 12.4 Å². The van der Waals surface area contributed by atoms with Crippen molar-refractivity contribution in [3.8, 4) is 0 Å². The Morgan fingerprint density at radius 2 is 2.13 bits per heavy atom. The molecule has 1 heterocycles. The third-order valence-electron chi connectivity index (χ3n) is 1.95. The van der Waals surface area contributed by atoms with Crippen LogP contribution in [0.5, 0.6) is 0 Å². The Morgan fingerprint density at radius 3 is 2.60 bits per heavy atom. The van der Waals surface area contributed by atoms with Crippen LogP contribution in [-0.2, 0) is 14.6 Å². The molecule has 0 spiro atoms. The van der Waals surface area contributed by atoms with Crippen molar-refractivity contribution < 1.29 is 17.6 Å². The van der Waals surface area contributed by atoms with E-state index in [1.54, 1.807) is 6.92 Å². The van der Waals surface area contributed by atoms with Crippen LogP contribution in [0.25, 0.3) is 0 Å². The Balaban J connectivity index is 2.65. The summed E-state index contributed by atoms with van der Waals surface area (Å²) in [6.07, 6.45) is 1.43. The number of hydrogen-bond donors (Lipinski definition) is 0. The van der Waals surface area contributed by atoms with Gasteiger partial charge in [0.1, 0.15) is 10.7 Å². The lowest BCUT2D eigenvalue weighted by molar-refractivity contribution is 0.0912. The normalized spacial score (nSPS) is 12.3. The van der Waals surface area contributed by atoms with Gasteiger partial charge in [0, 0.05) is 0 Å². The number of furan rings is 1. The highest BCUT2D eigenvalue weighted by Crippen LogP contribution is 2.17. The van der Waals surface area contributed by atoms with Crippen molar-refractivity contribution in [2.45, 2.75) is 31.8 Å². The molecule has 15 heavy (non-hydrogen) atoms. The molecular weight excluding hydrogens is 216 g/mol. The number of aryl methyl sites for hydroxylation is 1. The second-order valence-corrected chi connectivity index (χ2v) is 5.66. The molecule has 0 bridgehead atoms. The van der Waals surface area contributed by atoms with E-state index in [9.17, 15) is 8.42 Å². The van der Waals surface area contributed by atoms with E-state index in [1.165, 1.54) is 12.3 Å². The Morgan fingerprint density at radius 1 is 1.47 bits per heavy atom. The monoisotopic (exact) mass is 232 g/mol. The second-order valence-electron chi connectivity index (χ2n) is 3.58. The van der Waals surface area contributed by atoms with E-state index in [0.29, 0.717) is 5.76 Å². The number of hydrogen-bond acceptors (Lipinski definition) is 4. The van der Waals surface area contributed by atoms with Gasteiger partial charge in [-0.15, -0.1) is 0 Å². The summed E-state index contributed by atoms with van der Waals surface area (Å²) in [5, 5.41) is 0. The lowest BCUT2D eigenvalue weighted by Gasteiger charge is -2.07. The zero-order chi connectivity index (χ0) is 11.5. The summed E-state index contributed by atoms with van der Waals surface area (Å²) < 4.78 is 33.7. The van der Waals surface area contributed by atoms with Crippen molar-refractivity contribution in [1.29, 1.82) is 0 Å². The van der Waals surface area contributed by atoms with E-state index in [4.69, 9.17) is 9.15 Å². The van der Waals surface area contributed by atoms with Gasteiger partial charge in [-0.3, -0.25) is 0 Å². The first-order valence-corrected chi connectivity index (χ1v) is 6.47. The first-order chi connectivity index (χ1) is 6.93. The molecule has 0 aliphatic carbocycles. The highest BCUT2D eigenvalue weighted by molar-refractivity contribution is 7.91. The summed E-state index contributed by atoms with van der Waals surface area (Å²) in [4.78, 5) is 0.259. The van der Waals surface area contributed by atoms with Crippen LogP contribution in [-0.4, -0.2) is 26.9 Å². The molecular formula is C10H16O4S. The minimum absolute atomic E-state index is 0.00838. The van der Waals surface area contributed by atoms with Crippen LogP contribution in [0.4, 0.5) is 0 Å². The van der Waals surface area contributed by atoms with Crippen molar-refractivity contribution in [3.05, 3.63) is 18.1 Å². The second kappa shape index (κ2) is 4.81. The average Bonchev–Trinajstić information content (AvgIpc) is 2.50. The molecule has 0 aromatic carbocycles. The van der Waals surface area contributed by atoms with Crippen LogP contribution in [0.1, 0.15) is 19.6 Å². The predicted molar refractivity (Wildman–Crippen MR) is 56.6 cm³/mol. The maximum atomic E-state index is 11.8. The number of ether oxygens (including phenoxy) is 1. The quantitative estimate of drug-likeness (QED) is 0.776. The summed E-state index contributed by atoms with van der Waals surface area (Å²) in [5.41, 5.74) is 0. The zero-order valence-electron chi connectivity index (χ0n) is 9.19. The van der Waals surface area contributed by atoms with E-state index in [0.717, 1.165) is 0 Å². The standard InChI is InChI=1S/C10H16O4S/c1-8(2)13-6-7-15(11,12)10-4-5-14-9(10)3/h4-5,8H,6-7H2,1-3H3. The molecule has 0 unspecified atom stereocenters. The van der Waals surface area contributed by atoms with E-state index in [-0.39, 0.29) is 23.4 Å². The highest BCUT2D eigenvalue weighted by atomic mass is 32.2. The Hall–Kier alpha value is -0.810. The van der Waals surface area contributed by atoms with Crippen LogP contribution in [0.2, 0.25) is 0 Å². The molecule has 0 amide bonds. The maximum absolute atomic E-state index is 11.8. The summed E-state index contributed by atoms with van der Waals surface area (Å²) in [7, 11) is -3.26. The van der Waals surface area contributed by atoms with Gasteiger partial charge in [-0.1, -0.05) is 0 Å². The number of rotatable bonds is 5. The van der Waals surface area contributed by atoms with Crippen molar-refractivity contribution in [1.82, 2.24) is 0 Å². The SMILES string of the molecule is Cc1occc1S(=O)(=O)CCOC(C)C. The molecule has 0 saturated carbocycles. The van der Waals surface area contributed by atoms with Crippen molar-refractivity contribution in [2.24, 2.45) is 0 Å². The first kappa shape index (κ1) is 12.3. The highest BCUT2D eigenvalue weighted by Gasteiger charge is 2.18. The van der Waals surface area contributed by atoms with Gasteiger partial charge in [-0.2, -0.15) is 0 Å². The van der Waals surface area contributed by atoms with Crippen LogP contribution < -0.4 is 0 Å². The Bertz CT molecular complexity index is 403. The predicted octanol–water partition coefficient (Wildman–Crippen LogP) is 1.79. The average molecular weight is 232 g/mol. The van der Waals surface area contributed by atoms with Gasteiger partial charge in [0.05, 0.1) is 24.7 Å². The van der Waals surface area contributed by atoms with Gasteiger partial charge >= 0.3 is 0 Å². The van der Waals surface area contributed by atoms with Gasteiger partial charge in [-0.05, 0) is 26.8 Å². The van der Waals surface area contributed by atoms with E-state index in [1.807, 2.05) is 13.8 Å². The van der Waals surface area contributed by atoms with Crippen LogP contribution in [0.15, 0.2) is 21.6 Å².